The van der Waals surface area contributed by atoms with Gasteiger partial charge in [-0.1, -0.05) is 36.4 Å². The van der Waals surface area contributed by atoms with Crippen molar-refractivity contribution in [1.29, 1.82) is 0 Å². The van der Waals surface area contributed by atoms with Crippen LogP contribution in [0.3, 0.4) is 0 Å². The van der Waals surface area contributed by atoms with Crippen LogP contribution in [0.25, 0.3) is 0 Å². The van der Waals surface area contributed by atoms with Gasteiger partial charge in [0, 0.05) is 15.4 Å². The van der Waals surface area contributed by atoms with E-state index in [1.165, 1.54) is 25.2 Å². The molecule has 1 heterocycles. The van der Waals surface area contributed by atoms with E-state index in [0.717, 1.165) is 0 Å². The van der Waals surface area contributed by atoms with E-state index >= 15 is 0 Å². The van der Waals surface area contributed by atoms with Crippen LogP contribution in [0.4, 0.5) is 0 Å². The molecule has 1 aromatic heterocycles. The van der Waals surface area contributed by atoms with E-state index in [9.17, 15) is 19.7 Å². The van der Waals surface area contributed by atoms with E-state index in [2.05, 4.69) is 0 Å². The summed E-state index contributed by atoms with van der Waals surface area (Å²) in [6, 6.07) is 10.9. The number of carbonyl (C=O) groups is 2. The largest absolute Gasteiger partial charge is 0.299 e. The molecular formula is C17H17NO4S. The normalized spacial score (nSPS) is 13.5. The maximum atomic E-state index is 12.0. The average Bonchev–Trinajstić information content (AvgIpc) is 3.00. The first-order valence-electron chi connectivity index (χ1n) is 7.16. The van der Waals surface area contributed by atoms with Crippen molar-refractivity contribution < 1.29 is 14.5 Å². The first-order valence-corrected chi connectivity index (χ1v) is 8.04. The number of carbonyl (C=O) groups excluding carboxylic acids is 2. The summed E-state index contributed by atoms with van der Waals surface area (Å²) < 4.78 is 0. The smallest absolute Gasteiger partial charge is 0.246 e. The van der Waals surface area contributed by atoms with Crippen molar-refractivity contribution in [1.82, 2.24) is 0 Å². The molecule has 0 aliphatic heterocycles. The SMILES string of the molecule is CC(=O)C(C(C)=O)[C@H](c1cccs1)[C@@H](c1ccccc1)[N+](=O)[O-]. The Bertz CT molecular complexity index is 683. The molecule has 0 bridgehead atoms. The molecular weight excluding hydrogens is 314 g/mol. The fourth-order valence-corrected chi connectivity index (χ4v) is 3.78. The third-order valence-electron chi connectivity index (χ3n) is 3.82. The maximum Gasteiger partial charge on any atom is 0.246 e. The molecule has 0 radical (unpaired) electrons. The lowest BCUT2D eigenvalue weighted by Gasteiger charge is -2.25. The molecule has 0 saturated carbocycles. The lowest BCUT2D eigenvalue weighted by atomic mass is 9.78. The summed E-state index contributed by atoms with van der Waals surface area (Å²) in [7, 11) is 0. The minimum Gasteiger partial charge on any atom is -0.299 e. The Morgan fingerprint density at radius 1 is 1.04 bits per heavy atom. The van der Waals surface area contributed by atoms with Gasteiger partial charge >= 0.3 is 0 Å². The lowest BCUT2D eigenvalue weighted by Crippen LogP contribution is -2.33. The highest BCUT2D eigenvalue weighted by Crippen LogP contribution is 2.41. The number of nitro groups is 1. The number of Topliss-reactive ketones (excluding diaryl/α,β-unsaturated/α-hetero) is 2. The van der Waals surface area contributed by atoms with Gasteiger partial charge in [-0.3, -0.25) is 19.7 Å². The molecule has 0 N–H and O–H groups in total. The summed E-state index contributed by atoms with van der Waals surface area (Å²) in [5.41, 5.74) is 0.489. The maximum absolute atomic E-state index is 12.0. The summed E-state index contributed by atoms with van der Waals surface area (Å²) in [5, 5.41) is 13.6. The Kier molecular flexibility index (Phi) is 5.39. The highest BCUT2D eigenvalue weighted by molar-refractivity contribution is 7.10. The van der Waals surface area contributed by atoms with E-state index in [4.69, 9.17) is 0 Å². The van der Waals surface area contributed by atoms with Crippen LogP contribution in [-0.2, 0) is 9.59 Å². The van der Waals surface area contributed by atoms with Crippen LogP contribution >= 0.6 is 11.3 Å². The van der Waals surface area contributed by atoms with Crippen molar-refractivity contribution in [2.45, 2.75) is 25.8 Å². The van der Waals surface area contributed by atoms with Crippen molar-refractivity contribution >= 4 is 22.9 Å². The molecule has 0 aliphatic carbocycles. The van der Waals surface area contributed by atoms with Crippen LogP contribution in [-0.4, -0.2) is 16.5 Å². The second kappa shape index (κ2) is 7.28. The van der Waals surface area contributed by atoms with Crippen LogP contribution < -0.4 is 0 Å². The van der Waals surface area contributed by atoms with Crippen LogP contribution in [0, 0.1) is 16.0 Å². The molecule has 0 amide bonds. The van der Waals surface area contributed by atoms with E-state index < -0.39 is 22.8 Å². The quantitative estimate of drug-likeness (QED) is 0.441. The molecule has 2 atom stereocenters. The molecule has 1 aromatic carbocycles. The zero-order valence-corrected chi connectivity index (χ0v) is 13.7. The average molecular weight is 331 g/mol. The summed E-state index contributed by atoms with van der Waals surface area (Å²) in [6.45, 7) is 2.63. The Morgan fingerprint density at radius 3 is 2.09 bits per heavy atom. The number of thiophene rings is 1. The Balaban J connectivity index is 2.61. The van der Waals surface area contributed by atoms with Gasteiger partial charge in [-0.05, 0) is 25.3 Å². The van der Waals surface area contributed by atoms with Crippen LogP contribution in [0.5, 0.6) is 0 Å². The van der Waals surface area contributed by atoms with Gasteiger partial charge < -0.3 is 0 Å². The van der Waals surface area contributed by atoms with E-state index in [-0.39, 0.29) is 11.6 Å². The predicted octanol–water partition coefficient (Wildman–Crippen LogP) is 3.64. The fourth-order valence-electron chi connectivity index (χ4n) is 2.89. The van der Waals surface area contributed by atoms with Crippen molar-refractivity contribution in [3.05, 3.63) is 68.4 Å². The molecule has 0 spiro atoms. The number of hydrogen-bond donors (Lipinski definition) is 0. The van der Waals surface area contributed by atoms with Crippen molar-refractivity contribution in [3.8, 4) is 0 Å². The minimum atomic E-state index is -1.15. The molecule has 0 saturated heterocycles. The van der Waals surface area contributed by atoms with Gasteiger partial charge in [0.2, 0.25) is 6.04 Å². The van der Waals surface area contributed by atoms with E-state index in [1.807, 2.05) is 0 Å². The monoisotopic (exact) mass is 331 g/mol. The summed E-state index contributed by atoms with van der Waals surface area (Å²) in [5.74, 6) is -2.52. The Labute approximate surface area is 138 Å². The van der Waals surface area contributed by atoms with Crippen molar-refractivity contribution in [2.75, 3.05) is 0 Å². The van der Waals surface area contributed by atoms with E-state index in [0.29, 0.717) is 10.4 Å². The first-order chi connectivity index (χ1) is 10.9. The predicted molar refractivity (Wildman–Crippen MR) is 88.1 cm³/mol. The molecule has 5 nitrogen and oxygen atoms in total. The molecule has 23 heavy (non-hydrogen) atoms. The first kappa shape index (κ1) is 17.0. The highest BCUT2D eigenvalue weighted by Gasteiger charge is 2.44. The zero-order valence-electron chi connectivity index (χ0n) is 12.8. The van der Waals surface area contributed by atoms with Gasteiger partial charge in [0.25, 0.3) is 0 Å². The molecule has 0 aliphatic rings. The van der Waals surface area contributed by atoms with Crippen molar-refractivity contribution in [2.24, 2.45) is 5.92 Å². The van der Waals surface area contributed by atoms with Crippen LogP contribution in [0.2, 0.25) is 0 Å². The molecule has 2 rings (SSSR count). The number of benzene rings is 1. The third-order valence-corrected chi connectivity index (χ3v) is 4.79. The molecule has 6 heteroatoms. The van der Waals surface area contributed by atoms with Crippen molar-refractivity contribution in [3.63, 3.8) is 0 Å². The van der Waals surface area contributed by atoms with Gasteiger partial charge in [0.1, 0.15) is 11.6 Å². The standard InChI is InChI=1S/C17H17NO4S/c1-11(19)15(12(2)20)16(14-9-6-10-23-14)17(18(21)22)13-7-4-3-5-8-13/h3-10,15-17H,1-2H3/t16-,17+/m0/s1. The number of ketones is 2. The molecule has 2 aromatic rings. The second-order valence-corrected chi connectivity index (χ2v) is 6.36. The third kappa shape index (κ3) is 3.71. The van der Waals surface area contributed by atoms with Gasteiger partial charge in [-0.2, -0.15) is 0 Å². The molecule has 120 valence electrons. The van der Waals surface area contributed by atoms with Gasteiger partial charge in [0.15, 0.2) is 0 Å². The second-order valence-electron chi connectivity index (χ2n) is 5.38. The van der Waals surface area contributed by atoms with Crippen LogP contribution in [0.15, 0.2) is 47.8 Å². The number of nitrogens with zero attached hydrogens (tertiary/aromatic N) is 1. The zero-order chi connectivity index (χ0) is 17.0. The Morgan fingerprint density at radius 2 is 1.65 bits per heavy atom. The highest BCUT2D eigenvalue weighted by atomic mass is 32.1. The summed E-state index contributed by atoms with van der Waals surface area (Å²) in [4.78, 5) is 36.1. The fraction of sp³-hybridized carbons (Fsp3) is 0.294. The van der Waals surface area contributed by atoms with E-state index in [1.54, 1.807) is 47.8 Å². The molecule has 0 unspecified atom stereocenters. The molecule has 0 fully saturated rings. The summed E-state index contributed by atoms with van der Waals surface area (Å²) in [6.07, 6.45) is 0. The van der Waals surface area contributed by atoms with Gasteiger partial charge in [0.05, 0.1) is 11.8 Å². The minimum absolute atomic E-state index is 0.348. The Hall–Kier alpha value is -2.34. The topological polar surface area (TPSA) is 77.3 Å². The van der Waals surface area contributed by atoms with Gasteiger partial charge in [-0.15, -0.1) is 11.3 Å². The van der Waals surface area contributed by atoms with Gasteiger partial charge in [-0.25, -0.2) is 0 Å². The number of hydrogen-bond acceptors (Lipinski definition) is 5. The lowest BCUT2D eigenvalue weighted by molar-refractivity contribution is -0.534. The number of rotatable bonds is 7. The summed E-state index contributed by atoms with van der Waals surface area (Å²) >= 11 is 1.33. The van der Waals surface area contributed by atoms with Crippen LogP contribution in [0.1, 0.15) is 36.2 Å².